The summed E-state index contributed by atoms with van der Waals surface area (Å²) in [5.74, 6) is 0. The van der Waals surface area contributed by atoms with Crippen LogP contribution in [0.25, 0.3) is 0 Å². The average Bonchev–Trinajstić information content (AvgIpc) is 2.02. The van der Waals surface area contributed by atoms with E-state index >= 15 is 0 Å². The molecule has 0 radical (unpaired) electrons. The molecule has 0 amide bonds. The van der Waals surface area contributed by atoms with Crippen LogP contribution in [0.1, 0.15) is 0 Å². The van der Waals surface area contributed by atoms with Crippen molar-refractivity contribution in [3.8, 4) is 0 Å². The van der Waals surface area contributed by atoms with Crippen molar-refractivity contribution in [1.29, 1.82) is 0 Å². The molecular weight excluding hydrogens is 212 g/mol. The number of hydrogen-bond acceptors (Lipinski definition) is 3. The van der Waals surface area contributed by atoms with Gasteiger partial charge in [-0.25, -0.2) is 4.79 Å². The van der Waals surface area contributed by atoms with Crippen molar-refractivity contribution in [3.05, 3.63) is 0 Å². The first-order chi connectivity index (χ1) is 6.52. The summed E-state index contributed by atoms with van der Waals surface area (Å²) >= 11 is 0. The van der Waals surface area contributed by atoms with Gasteiger partial charge < -0.3 is 9.47 Å². The zero-order valence-corrected chi connectivity index (χ0v) is 12.0. The number of carbonyl (C=O) groups excluding carboxylic acids is 1. The zero-order chi connectivity index (χ0) is 11.0. The molecule has 0 aliphatic carbocycles. The summed E-state index contributed by atoms with van der Waals surface area (Å²) in [7, 11) is -1.20. The largest absolute Gasteiger partial charge is 0.508 e. The Morgan fingerprint density at radius 1 is 0.929 bits per heavy atom. The number of carbonyl (C=O) groups is 1. The molecule has 0 aromatic heterocycles. The molecule has 0 saturated heterocycles. The van der Waals surface area contributed by atoms with Gasteiger partial charge in [0, 0.05) is 17.6 Å². The Bertz CT molecular complexity index is 144. The fourth-order valence-corrected chi connectivity index (χ4v) is 1.98. The summed E-state index contributed by atoms with van der Waals surface area (Å²) in [6.45, 7) is 10.00. The number of rotatable bonds is 6. The van der Waals surface area contributed by atoms with E-state index in [-0.39, 0.29) is 0 Å². The van der Waals surface area contributed by atoms with E-state index in [1.54, 1.807) is 0 Å². The summed E-state index contributed by atoms with van der Waals surface area (Å²) in [5.41, 5.74) is 0. The summed E-state index contributed by atoms with van der Waals surface area (Å²) in [5, 5.41) is 0. The van der Waals surface area contributed by atoms with Crippen LogP contribution in [-0.4, -0.2) is 37.0 Å². The predicted octanol–water partition coefficient (Wildman–Crippen LogP) is 2.11. The van der Waals surface area contributed by atoms with Gasteiger partial charge in [0.2, 0.25) is 0 Å². The molecule has 0 unspecified atom stereocenters. The van der Waals surface area contributed by atoms with Crippen molar-refractivity contribution in [2.75, 3.05) is 13.2 Å². The van der Waals surface area contributed by atoms with Crippen LogP contribution in [0.3, 0.4) is 0 Å². The molecule has 0 heterocycles. The summed E-state index contributed by atoms with van der Waals surface area (Å²) in [6, 6.07) is 2.07. The molecule has 3 nitrogen and oxygen atoms in total. The molecule has 0 N–H and O–H groups in total. The highest BCUT2D eigenvalue weighted by Gasteiger charge is 2.05. The van der Waals surface area contributed by atoms with E-state index in [2.05, 4.69) is 26.2 Å². The van der Waals surface area contributed by atoms with Gasteiger partial charge in [-0.15, -0.1) is 0 Å². The standard InChI is InChI=1S/C9H22O3Si2/c1-13(2)7-5-11-9(10)12-6-8-14(3)4/h13-14H,5-8H2,1-4H3. The van der Waals surface area contributed by atoms with E-state index in [9.17, 15) is 4.79 Å². The molecule has 0 atom stereocenters. The van der Waals surface area contributed by atoms with Gasteiger partial charge in [-0.1, -0.05) is 26.2 Å². The molecule has 0 saturated carbocycles. The van der Waals surface area contributed by atoms with Crippen LogP contribution in [-0.2, 0) is 9.47 Å². The van der Waals surface area contributed by atoms with Gasteiger partial charge in [-0.05, 0) is 12.1 Å². The molecule has 0 rings (SSSR count). The predicted molar refractivity (Wildman–Crippen MR) is 64.7 cm³/mol. The first-order valence-corrected chi connectivity index (χ1v) is 11.6. The molecule has 0 fully saturated rings. The monoisotopic (exact) mass is 234 g/mol. The maximum absolute atomic E-state index is 11.0. The quantitative estimate of drug-likeness (QED) is 0.521. The number of hydrogen-bond donors (Lipinski definition) is 0. The van der Waals surface area contributed by atoms with Crippen LogP contribution in [0.2, 0.25) is 38.3 Å². The Balaban J connectivity index is 3.28. The van der Waals surface area contributed by atoms with Gasteiger partial charge in [0.05, 0.1) is 13.2 Å². The van der Waals surface area contributed by atoms with Gasteiger partial charge >= 0.3 is 6.16 Å². The summed E-state index contributed by atoms with van der Waals surface area (Å²) in [6.07, 6.45) is -0.491. The van der Waals surface area contributed by atoms with Gasteiger partial charge in [0.25, 0.3) is 0 Å². The zero-order valence-electron chi connectivity index (χ0n) is 9.71. The maximum atomic E-state index is 11.0. The van der Waals surface area contributed by atoms with E-state index in [1.165, 1.54) is 0 Å². The third-order valence-corrected chi connectivity index (χ3v) is 4.61. The van der Waals surface area contributed by atoms with Crippen LogP contribution in [0, 0.1) is 0 Å². The second-order valence-electron chi connectivity index (χ2n) is 4.31. The average molecular weight is 234 g/mol. The van der Waals surface area contributed by atoms with Crippen molar-refractivity contribution in [1.82, 2.24) is 0 Å². The first kappa shape index (κ1) is 13.7. The Hall–Kier alpha value is -0.296. The second kappa shape index (κ2) is 8.05. The van der Waals surface area contributed by atoms with E-state index in [0.29, 0.717) is 13.2 Å². The maximum Gasteiger partial charge on any atom is 0.508 e. The van der Waals surface area contributed by atoms with Gasteiger partial charge in [-0.2, -0.15) is 0 Å². The van der Waals surface area contributed by atoms with Crippen molar-refractivity contribution >= 4 is 23.7 Å². The first-order valence-electron chi connectivity index (χ1n) is 5.32. The fraction of sp³-hybridized carbons (Fsp3) is 0.889. The summed E-state index contributed by atoms with van der Waals surface area (Å²) < 4.78 is 9.85. The van der Waals surface area contributed by atoms with E-state index in [0.717, 1.165) is 12.1 Å². The Morgan fingerprint density at radius 2 is 1.29 bits per heavy atom. The minimum Gasteiger partial charge on any atom is -0.435 e. The van der Waals surface area contributed by atoms with Crippen LogP contribution in [0.4, 0.5) is 4.79 Å². The Kier molecular flexibility index (Phi) is 7.88. The molecule has 0 spiro atoms. The second-order valence-corrected chi connectivity index (χ2v) is 11.0. The smallest absolute Gasteiger partial charge is 0.435 e. The van der Waals surface area contributed by atoms with Crippen molar-refractivity contribution in [2.45, 2.75) is 38.3 Å². The van der Waals surface area contributed by atoms with E-state index in [4.69, 9.17) is 9.47 Å². The van der Waals surface area contributed by atoms with Gasteiger partial charge in [-0.3, -0.25) is 0 Å². The highest BCUT2D eigenvalue weighted by atomic mass is 28.3. The molecule has 14 heavy (non-hydrogen) atoms. The SMILES string of the molecule is C[SiH](C)CCOC(=O)OCC[SiH](C)C. The molecule has 0 aliphatic rings. The molecule has 0 aromatic carbocycles. The summed E-state index contributed by atoms with van der Waals surface area (Å²) in [4.78, 5) is 11.0. The van der Waals surface area contributed by atoms with Gasteiger partial charge in [0.1, 0.15) is 0 Å². The molecule has 5 heteroatoms. The lowest BCUT2D eigenvalue weighted by Crippen LogP contribution is -2.14. The lowest BCUT2D eigenvalue weighted by atomic mass is 10.8. The third kappa shape index (κ3) is 9.79. The Morgan fingerprint density at radius 3 is 1.57 bits per heavy atom. The third-order valence-electron chi connectivity index (χ3n) is 1.83. The highest BCUT2D eigenvalue weighted by molar-refractivity contribution is 6.56. The molecule has 0 bridgehead atoms. The number of ether oxygens (including phenoxy) is 2. The minimum atomic E-state index is -0.599. The fourth-order valence-electron chi connectivity index (χ4n) is 0.798. The van der Waals surface area contributed by atoms with E-state index < -0.39 is 23.7 Å². The van der Waals surface area contributed by atoms with E-state index in [1.807, 2.05) is 0 Å². The lowest BCUT2D eigenvalue weighted by molar-refractivity contribution is 0.0628. The van der Waals surface area contributed by atoms with Crippen LogP contribution in [0.5, 0.6) is 0 Å². The normalized spacial score (nSPS) is 10.7. The van der Waals surface area contributed by atoms with Gasteiger partial charge in [0.15, 0.2) is 0 Å². The topological polar surface area (TPSA) is 35.5 Å². The molecule has 0 aliphatic heterocycles. The molecular formula is C9H22O3Si2. The van der Waals surface area contributed by atoms with Crippen LogP contribution < -0.4 is 0 Å². The lowest BCUT2D eigenvalue weighted by Gasteiger charge is -2.07. The Labute approximate surface area is 90.0 Å². The van der Waals surface area contributed by atoms with Crippen molar-refractivity contribution in [3.63, 3.8) is 0 Å². The van der Waals surface area contributed by atoms with Crippen LogP contribution >= 0.6 is 0 Å². The van der Waals surface area contributed by atoms with Crippen molar-refractivity contribution in [2.24, 2.45) is 0 Å². The minimum absolute atomic E-state index is 0.491. The molecule has 84 valence electrons. The highest BCUT2D eigenvalue weighted by Crippen LogP contribution is 1.96. The van der Waals surface area contributed by atoms with Crippen molar-refractivity contribution < 1.29 is 14.3 Å². The van der Waals surface area contributed by atoms with Crippen LogP contribution in [0.15, 0.2) is 0 Å². The molecule has 0 aromatic rings.